The first-order valence-corrected chi connectivity index (χ1v) is 9.49. The van der Waals surface area contributed by atoms with E-state index in [2.05, 4.69) is 10.3 Å². The summed E-state index contributed by atoms with van der Waals surface area (Å²) < 4.78 is 5.34. The fourth-order valence-electron chi connectivity index (χ4n) is 3.43. The molecule has 0 spiro atoms. The Hall–Kier alpha value is -2.54. The predicted octanol–water partition coefficient (Wildman–Crippen LogP) is 2.74. The van der Waals surface area contributed by atoms with Gasteiger partial charge in [0.15, 0.2) is 0 Å². The van der Waals surface area contributed by atoms with Crippen LogP contribution in [-0.4, -0.2) is 58.8 Å². The van der Waals surface area contributed by atoms with Crippen LogP contribution in [0.1, 0.15) is 42.4 Å². The molecule has 1 saturated heterocycles. The largest absolute Gasteiger partial charge is 0.444 e. The van der Waals surface area contributed by atoms with Crippen molar-refractivity contribution >= 4 is 22.9 Å². The molecular weight excluding hydrogens is 358 g/mol. The molecule has 3 rings (SSSR count). The number of aryl methyl sites for hydroxylation is 2. The summed E-state index contributed by atoms with van der Waals surface area (Å²) in [6.45, 7) is 10.4. The summed E-state index contributed by atoms with van der Waals surface area (Å²) in [5.74, 6) is -0.225. The standard InChI is InChI=1S/C21H29N3O4/c1-13-6-7-16-15(14(13)2)8-17(23-16)18(26)22-9-21(12-25)10-24(11-21)19(27)28-20(3,4)5/h6-8,23,25H,9-12H2,1-5H3,(H,22,26). The maximum atomic E-state index is 12.6. The van der Waals surface area contributed by atoms with Crippen molar-refractivity contribution in [1.82, 2.24) is 15.2 Å². The van der Waals surface area contributed by atoms with Crippen LogP contribution in [0.25, 0.3) is 10.9 Å². The summed E-state index contributed by atoms with van der Waals surface area (Å²) in [5, 5.41) is 13.7. The highest BCUT2D eigenvalue weighted by Crippen LogP contribution is 2.31. The van der Waals surface area contributed by atoms with E-state index in [4.69, 9.17) is 4.74 Å². The molecule has 1 fully saturated rings. The number of benzene rings is 1. The Kier molecular flexibility index (Phi) is 5.14. The SMILES string of the molecule is Cc1ccc2[nH]c(C(=O)NCC3(CO)CN(C(=O)OC(C)(C)C)C3)cc2c1C. The van der Waals surface area contributed by atoms with Gasteiger partial charge in [0.25, 0.3) is 5.91 Å². The molecule has 3 N–H and O–H groups in total. The van der Waals surface area contributed by atoms with Crippen molar-refractivity contribution in [2.24, 2.45) is 5.41 Å². The number of aliphatic hydroxyl groups excluding tert-OH is 1. The van der Waals surface area contributed by atoms with Crippen molar-refractivity contribution in [2.75, 3.05) is 26.2 Å². The first-order chi connectivity index (χ1) is 13.0. The van der Waals surface area contributed by atoms with E-state index in [0.29, 0.717) is 18.8 Å². The van der Waals surface area contributed by atoms with Gasteiger partial charge in [-0.05, 0) is 57.9 Å². The van der Waals surface area contributed by atoms with Gasteiger partial charge in [0.05, 0.1) is 6.61 Å². The highest BCUT2D eigenvalue weighted by atomic mass is 16.6. The first kappa shape index (κ1) is 20.2. The lowest BCUT2D eigenvalue weighted by molar-refractivity contribution is -0.0537. The Balaban J connectivity index is 1.61. The number of nitrogens with zero attached hydrogens (tertiary/aromatic N) is 1. The molecule has 1 aromatic carbocycles. The summed E-state index contributed by atoms with van der Waals surface area (Å²) in [7, 11) is 0. The fraction of sp³-hybridized carbons (Fsp3) is 0.524. The van der Waals surface area contributed by atoms with Crippen LogP contribution < -0.4 is 5.32 Å². The molecule has 0 bridgehead atoms. The van der Waals surface area contributed by atoms with Crippen LogP contribution in [0.5, 0.6) is 0 Å². The molecule has 2 aromatic rings. The minimum atomic E-state index is -0.561. The number of aliphatic hydroxyl groups is 1. The van der Waals surface area contributed by atoms with Crippen LogP contribution in [0.2, 0.25) is 0 Å². The van der Waals surface area contributed by atoms with Crippen LogP contribution in [0.3, 0.4) is 0 Å². The Morgan fingerprint density at radius 1 is 1.29 bits per heavy atom. The number of H-pyrrole nitrogens is 1. The number of rotatable bonds is 4. The van der Waals surface area contributed by atoms with Crippen LogP contribution >= 0.6 is 0 Å². The number of carbonyl (C=O) groups excluding carboxylic acids is 2. The van der Waals surface area contributed by atoms with Crippen LogP contribution in [0.15, 0.2) is 18.2 Å². The summed E-state index contributed by atoms with van der Waals surface area (Å²) in [6.07, 6.45) is -0.399. The van der Waals surface area contributed by atoms with E-state index >= 15 is 0 Å². The van der Waals surface area contributed by atoms with Gasteiger partial charge < -0.3 is 25.0 Å². The number of likely N-dealkylation sites (tertiary alicyclic amines) is 1. The van der Waals surface area contributed by atoms with Crippen LogP contribution in [-0.2, 0) is 4.74 Å². The van der Waals surface area contributed by atoms with E-state index in [1.54, 1.807) is 4.90 Å². The van der Waals surface area contributed by atoms with Gasteiger partial charge in [0.1, 0.15) is 11.3 Å². The topological polar surface area (TPSA) is 94.7 Å². The van der Waals surface area contributed by atoms with E-state index in [9.17, 15) is 14.7 Å². The molecule has 0 unspecified atom stereocenters. The lowest BCUT2D eigenvalue weighted by Gasteiger charge is -2.48. The molecule has 7 heteroatoms. The monoisotopic (exact) mass is 387 g/mol. The normalized spacial score (nSPS) is 16.0. The van der Waals surface area contributed by atoms with Gasteiger partial charge in [-0.2, -0.15) is 0 Å². The van der Waals surface area contributed by atoms with E-state index in [-0.39, 0.29) is 19.1 Å². The lowest BCUT2D eigenvalue weighted by Crippen LogP contribution is -2.64. The number of fused-ring (bicyclic) bond motifs is 1. The molecular formula is C21H29N3O4. The minimum absolute atomic E-state index is 0.114. The summed E-state index contributed by atoms with van der Waals surface area (Å²) in [5.41, 5.74) is 2.63. The zero-order chi connectivity index (χ0) is 20.7. The maximum Gasteiger partial charge on any atom is 0.410 e. The second-order valence-electron chi connectivity index (χ2n) is 8.83. The van der Waals surface area contributed by atoms with Crippen molar-refractivity contribution in [3.05, 3.63) is 35.0 Å². The van der Waals surface area contributed by atoms with E-state index in [1.807, 2.05) is 52.8 Å². The van der Waals surface area contributed by atoms with E-state index < -0.39 is 17.1 Å². The summed E-state index contributed by atoms with van der Waals surface area (Å²) in [4.78, 5) is 29.4. The van der Waals surface area contributed by atoms with Gasteiger partial charge in [-0.25, -0.2) is 4.79 Å². The van der Waals surface area contributed by atoms with Gasteiger partial charge in [-0.1, -0.05) is 6.07 Å². The fourth-order valence-corrected chi connectivity index (χ4v) is 3.43. The number of aromatic nitrogens is 1. The van der Waals surface area contributed by atoms with Gasteiger partial charge in [-0.15, -0.1) is 0 Å². The molecule has 1 aliphatic heterocycles. The highest BCUT2D eigenvalue weighted by Gasteiger charge is 2.46. The number of carbonyl (C=O) groups is 2. The zero-order valence-corrected chi connectivity index (χ0v) is 17.2. The lowest BCUT2D eigenvalue weighted by atomic mass is 9.80. The third kappa shape index (κ3) is 3.99. The second kappa shape index (κ2) is 7.13. The van der Waals surface area contributed by atoms with Crippen molar-refractivity contribution in [3.8, 4) is 0 Å². The number of amides is 2. The summed E-state index contributed by atoms with van der Waals surface area (Å²) in [6, 6.07) is 5.84. The third-order valence-corrected chi connectivity index (χ3v) is 5.25. The highest BCUT2D eigenvalue weighted by molar-refractivity contribution is 5.99. The molecule has 0 radical (unpaired) electrons. The first-order valence-electron chi connectivity index (χ1n) is 9.49. The number of hydrogen-bond donors (Lipinski definition) is 3. The average molecular weight is 387 g/mol. The average Bonchev–Trinajstić information content (AvgIpc) is 3.01. The number of aromatic amines is 1. The van der Waals surface area contributed by atoms with Crippen molar-refractivity contribution in [3.63, 3.8) is 0 Å². The van der Waals surface area contributed by atoms with Crippen LogP contribution in [0.4, 0.5) is 4.79 Å². The molecule has 0 saturated carbocycles. The molecule has 0 atom stereocenters. The van der Waals surface area contributed by atoms with Gasteiger partial charge >= 0.3 is 6.09 Å². The molecule has 1 aliphatic rings. The molecule has 28 heavy (non-hydrogen) atoms. The van der Waals surface area contributed by atoms with Crippen LogP contribution in [0, 0.1) is 19.3 Å². The molecule has 2 amide bonds. The smallest absolute Gasteiger partial charge is 0.410 e. The number of hydrogen-bond acceptors (Lipinski definition) is 4. The van der Waals surface area contributed by atoms with Crippen molar-refractivity contribution in [2.45, 2.75) is 40.2 Å². The Morgan fingerprint density at radius 3 is 2.57 bits per heavy atom. The van der Waals surface area contributed by atoms with E-state index in [0.717, 1.165) is 16.5 Å². The Labute approximate surface area is 165 Å². The molecule has 0 aliphatic carbocycles. The molecule has 1 aromatic heterocycles. The van der Waals surface area contributed by atoms with Crippen molar-refractivity contribution in [1.29, 1.82) is 0 Å². The third-order valence-electron chi connectivity index (χ3n) is 5.25. The maximum absolute atomic E-state index is 12.6. The number of ether oxygens (including phenoxy) is 1. The van der Waals surface area contributed by atoms with E-state index in [1.165, 1.54) is 5.56 Å². The zero-order valence-electron chi connectivity index (χ0n) is 17.2. The van der Waals surface area contributed by atoms with Gasteiger partial charge in [0, 0.05) is 36.0 Å². The predicted molar refractivity (Wildman–Crippen MR) is 107 cm³/mol. The Bertz CT molecular complexity index is 904. The molecule has 7 nitrogen and oxygen atoms in total. The second-order valence-corrected chi connectivity index (χ2v) is 8.83. The van der Waals surface area contributed by atoms with Gasteiger partial charge in [0.2, 0.25) is 0 Å². The Morgan fingerprint density at radius 2 is 1.96 bits per heavy atom. The molecule has 152 valence electrons. The van der Waals surface area contributed by atoms with Crippen molar-refractivity contribution < 1.29 is 19.4 Å². The number of nitrogens with one attached hydrogen (secondary N) is 2. The minimum Gasteiger partial charge on any atom is -0.444 e. The van der Waals surface area contributed by atoms with Gasteiger partial charge in [-0.3, -0.25) is 4.79 Å². The quantitative estimate of drug-likeness (QED) is 0.752. The summed E-state index contributed by atoms with van der Waals surface area (Å²) >= 11 is 0. The molecule has 2 heterocycles.